The molecular weight excluding hydrogens is 356 g/mol. The molecule has 7 nitrogen and oxygen atoms in total. The Hall–Kier alpha value is -2.51. The van der Waals surface area contributed by atoms with Crippen molar-refractivity contribution < 1.29 is 14.3 Å². The number of ether oxygens (including phenoxy) is 2. The molecule has 28 heavy (non-hydrogen) atoms. The molecule has 0 spiro atoms. The van der Waals surface area contributed by atoms with Crippen molar-refractivity contribution in [2.45, 2.75) is 19.8 Å². The van der Waals surface area contributed by atoms with Gasteiger partial charge in [0.1, 0.15) is 5.75 Å². The third kappa shape index (κ3) is 6.28. The Morgan fingerprint density at radius 1 is 1.39 bits per heavy atom. The summed E-state index contributed by atoms with van der Waals surface area (Å²) in [6, 6.07) is 5.75. The van der Waals surface area contributed by atoms with Gasteiger partial charge in [-0.15, -0.1) is 0 Å². The van der Waals surface area contributed by atoms with Crippen LogP contribution in [0.25, 0.3) is 10.9 Å². The zero-order chi connectivity index (χ0) is 19.8. The van der Waals surface area contributed by atoms with Crippen molar-refractivity contribution >= 4 is 22.8 Å². The number of carbonyl (C=O) groups excluding carboxylic acids is 1. The zero-order valence-electron chi connectivity index (χ0n) is 16.6. The van der Waals surface area contributed by atoms with Crippen LogP contribution in [0.4, 0.5) is 5.95 Å². The maximum absolute atomic E-state index is 12.1. The molecule has 1 fully saturated rings. The SMILES string of the molecule is CCN(CC=CC(=O)Nc1ncc2ccc(OCC3CC3)cc2n1)CCOC. The molecule has 3 rings (SSSR count). The summed E-state index contributed by atoms with van der Waals surface area (Å²) in [5.41, 5.74) is 0.749. The maximum Gasteiger partial charge on any atom is 0.250 e. The lowest BCUT2D eigenvalue weighted by molar-refractivity contribution is -0.112. The summed E-state index contributed by atoms with van der Waals surface area (Å²) >= 11 is 0. The van der Waals surface area contributed by atoms with Crippen LogP contribution in [-0.2, 0) is 9.53 Å². The number of anilines is 1. The topological polar surface area (TPSA) is 76.6 Å². The van der Waals surface area contributed by atoms with E-state index in [2.05, 4.69) is 27.1 Å². The summed E-state index contributed by atoms with van der Waals surface area (Å²) in [5, 5.41) is 3.62. The molecule has 1 aromatic heterocycles. The van der Waals surface area contributed by atoms with E-state index in [1.807, 2.05) is 24.3 Å². The number of carbonyl (C=O) groups is 1. The van der Waals surface area contributed by atoms with Crippen molar-refractivity contribution in [3.05, 3.63) is 36.5 Å². The van der Waals surface area contributed by atoms with E-state index in [4.69, 9.17) is 9.47 Å². The van der Waals surface area contributed by atoms with E-state index in [1.54, 1.807) is 13.3 Å². The lowest BCUT2D eigenvalue weighted by Gasteiger charge is -2.17. The highest BCUT2D eigenvalue weighted by molar-refractivity contribution is 5.98. The Labute approximate surface area is 165 Å². The first-order valence-corrected chi connectivity index (χ1v) is 9.76. The summed E-state index contributed by atoms with van der Waals surface area (Å²) in [4.78, 5) is 23.0. The van der Waals surface area contributed by atoms with Crippen molar-refractivity contribution in [2.75, 3.05) is 45.3 Å². The Morgan fingerprint density at radius 3 is 3.00 bits per heavy atom. The van der Waals surface area contributed by atoms with E-state index < -0.39 is 0 Å². The number of nitrogens with zero attached hydrogens (tertiary/aromatic N) is 3. The fourth-order valence-electron chi connectivity index (χ4n) is 2.71. The van der Waals surface area contributed by atoms with Crippen molar-refractivity contribution in [3.8, 4) is 5.75 Å². The standard InChI is InChI=1S/C21H28N4O3/c1-3-25(11-12-27-2)10-4-5-20(26)24-21-22-14-17-8-9-18(13-19(17)23-21)28-15-16-6-7-16/h4-5,8-9,13-14,16H,3,6-7,10-12,15H2,1-2H3,(H,22,23,24,26). The van der Waals surface area contributed by atoms with Crippen LogP contribution in [0.2, 0.25) is 0 Å². The van der Waals surface area contributed by atoms with Crippen molar-refractivity contribution in [2.24, 2.45) is 5.92 Å². The first kappa shape index (κ1) is 20.2. The largest absolute Gasteiger partial charge is 0.493 e. The first-order valence-electron chi connectivity index (χ1n) is 9.76. The Bertz CT molecular complexity index is 820. The van der Waals surface area contributed by atoms with E-state index in [1.165, 1.54) is 18.9 Å². The van der Waals surface area contributed by atoms with Crippen LogP contribution in [0.15, 0.2) is 36.5 Å². The fourth-order valence-corrected chi connectivity index (χ4v) is 2.71. The quantitative estimate of drug-likeness (QED) is 0.601. The molecule has 0 saturated heterocycles. The molecule has 1 amide bonds. The van der Waals surface area contributed by atoms with Gasteiger partial charge in [0.15, 0.2) is 0 Å². The average Bonchev–Trinajstić information content (AvgIpc) is 3.53. The molecule has 7 heteroatoms. The van der Waals surface area contributed by atoms with Gasteiger partial charge in [-0.25, -0.2) is 9.97 Å². The van der Waals surface area contributed by atoms with Gasteiger partial charge in [-0.05, 0) is 37.4 Å². The molecule has 0 radical (unpaired) electrons. The number of fused-ring (bicyclic) bond motifs is 1. The molecule has 1 aliphatic carbocycles. The number of hydrogen-bond donors (Lipinski definition) is 1. The Balaban J connectivity index is 1.56. The number of nitrogens with one attached hydrogen (secondary N) is 1. The lowest BCUT2D eigenvalue weighted by Crippen LogP contribution is -2.27. The molecule has 1 aliphatic rings. The summed E-state index contributed by atoms with van der Waals surface area (Å²) < 4.78 is 10.9. The second kappa shape index (κ2) is 10.1. The van der Waals surface area contributed by atoms with E-state index in [-0.39, 0.29) is 11.9 Å². The number of rotatable bonds is 11. The van der Waals surface area contributed by atoms with Crippen LogP contribution in [0.3, 0.4) is 0 Å². The highest BCUT2D eigenvalue weighted by Crippen LogP contribution is 2.30. The van der Waals surface area contributed by atoms with Crippen LogP contribution < -0.4 is 10.1 Å². The van der Waals surface area contributed by atoms with Crippen molar-refractivity contribution in [3.63, 3.8) is 0 Å². The molecule has 0 atom stereocenters. The normalized spacial score (nSPS) is 14.1. The molecule has 0 unspecified atom stereocenters. The highest BCUT2D eigenvalue weighted by Gasteiger charge is 2.21. The molecule has 0 aliphatic heterocycles. The predicted octanol–water partition coefficient (Wildman–Crippen LogP) is 2.88. The highest BCUT2D eigenvalue weighted by atomic mass is 16.5. The molecular formula is C21H28N4O3. The fraction of sp³-hybridized carbons (Fsp3) is 0.476. The predicted molar refractivity (Wildman–Crippen MR) is 110 cm³/mol. The van der Waals surface area contributed by atoms with Crippen molar-refractivity contribution in [1.82, 2.24) is 14.9 Å². The van der Waals surface area contributed by atoms with Gasteiger partial charge in [0.05, 0.1) is 18.7 Å². The van der Waals surface area contributed by atoms with E-state index in [0.717, 1.165) is 36.3 Å². The van der Waals surface area contributed by atoms with Crippen LogP contribution >= 0.6 is 0 Å². The van der Waals surface area contributed by atoms with E-state index in [0.29, 0.717) is 19.1 Å². The third-order valence-corrected chi connectivity index (χ3v) is 4.66. The second-order valence-electron chi connectivity index (χ2n) is 6.95. The van der Waals surface area contributed by atoms with Gasteiger partial charge in [0.25, 0.3) is 0 Å². The van der Waals surface area contributed by atoms with Crippen LogP contribution in [0.5, 0.6) is 5.75 Å². The maximum atomic E-state index is 12.1. The summed E-state index contributed by atoms with van der Waals surface area (Å²) in [6.07, 6.45) is 7.55. The minimum Gasteiger partial charge on any atom is -0.493 e. The van der Waals surface area contributed by atoms with Gasteiger partial charge in [0, 0.05) is 43.9 Å². The molecule has 150 valence electrons. The number of methoxy groups -OCH3 is 1. The third-order valence-electron chi connectivity index (χ3n) is 4.66. The van der Waals surface area contributed by atoms with Gasteiger partial charge >= 0.3 is 0 Å². The number of benzene rings is 1. The molecule has 0 bridgehead atoms. The zero-order valence-corrected chi connectivity index (χ0v) is 16.6. The van der Waals surface area contributed by atoms with E-state index in [9.17, 15) is 4.79 Å². The molecule has 1 saturated carbocycles. The Kier molecular flexibility index (Phi) is 7.33. The molecule has 1 N–H and O–H groups in total. The number of likely N-dealkylation sites (N-methyl/N-ethyl adjacent to an activating group) is 1. The minimum atomic E-state index is -0.247. The van der Waals surface area contributed by atoms with Crippen LogP contribution in [-0.4, -0.2) is 60.7 Å². The monoisotopic (exact) mass is 384 g/mol. The summed E-state index contributed by atoms with van der Waals surface area (Å²) in [5.74, 6) is 1.53. The van der Waals surface area contributed by atoms with Gasteiger partial charge in [-0.1, -0.05) is 13.0 Å². The smallest absolute Gasteiger partial charge is 0.250 e. The van der Waals surface area contributed by atoms with Crippen LogP contribution in [0.1, 0.15) is 19.8 Å². The van der Waals surface area contributed by atoms with Gasteiger partial charge in [0.2, 0.25) is 11.9 Å². The van der Waals surface area contributed by atoms with Gasteiger partial charge in [-0.3, -0.25) is 15.0 Å². The lowest BCUT2D eigenvalue weighted by atomic mass is 10.2. The Morgan fingerprint density at radius 2 is 2.25 bits per heavy atom. The number of aromatic nitrogens is 2. The second-order valence-corrected chi connectivity index (χ2v) is 6.95. The summed E-state index contributed by atoms with van der Waals surface area (Å²) in [6.45, 7) is 5.92. The summed E-state index contributed by atoms with van der Waals surface area (Å²) in [7, 11) is 1.68. The average molecular weight is 384 g/mol. The van der Waals surface area contributed by atoms with Gasteiger partial charge < -0.3 is 9.47 Å². The first-order chi connectivity index (χ1) is 13.7. The van der Waals surface area contributed by atoms with Gasteiger partial charge in [-0.2, -0.15) is 0 Å². The number of hydrogen-bond acceptors (Lipinski definition) is 6. The molecule has 1 heterocycles. The minimum absolute atomic E-state index is 0.247. The van der Waals surface area contributed by atoms with E-state index >= 15 is 0 Å². The molecule has 1 aromatic carbocycles. The van der Waals surface area contributed by atoms with Crippen LogP contribution in [0, 0.1) is 5.92 Å². The van der Waals surface area contributed by atoms with Crippen molar-refractivity contribution in [1.29, 1.82) is 0 Å². The molecule has 2 aromatic rings. The number of amides is 1.